The third-order valence-electron chi connectivity index (χ3n) is 3.83. The monoisotopic (exact) mass is 269 g/mol. The Balaban J connectivity index is 1.96. The van der Waals surface area contributed by atoms with Gasteiger partial charge in [0.15, 0.2) is 0 Å². The predicted octanol–water partition coefficient (Wildman–Crippen LogP) is 5.42. The maximum Gasteiger partial charge on any atom is 0.0534 e. The number of hydrogen-bond acceptors (Lipinski definition) is 0. The van der Waals surface area contributed by atoms with Crippen molar-refractivity contribution in [3.63, 3.8) is 0 Å². The van der Waals surface area contributed by atoms with Gasteiger partial charge in [0.2, 0.25) is 0 Å². The van der Waals surface area contributed by atoms with Crippen molar-refractivity contribution in [2.75, 3.05) is 0 Å². The standard InChI is InChI=1S/C20H15N/c1-2-8-16(9-3-1)14-15-21-19-12-6-4-10-17(19)18-11-5-7-13-20(18)21/h1-15H/b15-14-. The van der Waals surface area contributed by atoms with Gasteiger partial charge in [-0.3, -0.25) is 0 Å². The Bertz CT molecular complexity index is 877. The molecule has 1 heterocycles. The maximum absolute atomic E-state index is 2.26. The van der Waals surface area contributed by atoms with Crippen molar-refractivity contribution >= 4 is 34.1 Å². The SMILES string of the molecule is C(=C/n1c2ccccc2c2ccccc21)/c1ccccc1. The first-order chi connectivity index (χ1) is 10.4. The van der Waals surface area contributed by atoms with E-state index >= 15 is 0 Å². The Morgan fingerprint density at radius 3 is 1.71 bits per heavy atom. The third kappa shape index (κ3) is 2.03. The van der Waals surface area contributed by atoms with Crippen LogP contribution in [0.5, 0.6) is 0 Å². The largest absolute Gasteiger partial charge is 0.316 e. The molecular weight excluding hydrogens is 254 g/mol. The van der Waals surface area contributed by atoms with Gasteiger partial charge < -0.3 is 4.57 Å². The van der Waals surface area contributed by atoms with Crippen molar-refractivity contribution in [3.8, 4) is 0 Å². The number of hydrogen-bond donors (Lipinski definition) is 0. The minimum Gasteiger partial charge on any atom is -0.316 e. The van der Waals surface area contributed by atoms with E-state index in [4.69, 9.17) is 0 Å². The summed E-state index contributed by atoms with van der Waals surface area (Å²) in [6.45, 7) is 0. The van der Waals surface area contributed by atoms with Gasteiger partial charge in [-0.05, 0) is 23.8 Å². The Morgan fingerprint density at radius 1 is 0.571 bits per heavy atom. The molecule has 0 saturated heterocycles. The molecule has 0 N–H and O–H groups in total. The average Bonchev–Trinajstić information content (AvgIpc) is 2.88. The van der Waals surface area contributed by atoms with E-state index in [-0.39, 0.29) is 0 Å². The van der Waals surface area contributed by atoms with Crippen LogP contribution in [0, 0.1) is 0 Å². The summed E-state index contributed by atoms with van der Waals surface area (Å²) in [7, 11) is 0. The highest BCUT2D eigenvalue weighted by atomic mass is 14.9. The van der Waals surface area contributed by atoms with Crippen molar-refractivity contribution in [1.29, 1.82) is 0 Å². The first-order valence-electron chi connectivity index (χ1n) is 7.14. The molecule has 0 unspecified atom stereocenters. The molecular formula is C20H15N. The predicted molar refractivity (Wildman–Crippen MR) is 91.1 cm³/mol. The van der Waals surface area contributed by atoms with Crippen LogP contribution < -0.4 is 0 Å². The number of nitrogens with zero attached hydrogens (tertiary/aromatic N) is 1. The molecule has 0 spiro atoms. The van der Waals surface area contributed by atoms with Gasteiger partial charge in [-0.1, -0.05) is 66.7 Å². The minimum atomic E-state index is 1.21. The lowest BCUT2D eigenvalue weighted by Crippen LogP contribution is -1.84. The Labute approximate surface area is 123 Å². The summed E-state index contributed by atoms with van der Waals surface area (Å²) >= 11 is 0. The lowest BCUT2D eigenvalue weighted by Gasteiger charge is -2.00. The molecule has 4 aromatic rings. The summed E-state index contributed by atoms with van der Waals surface area (Å²) in [4.78, 5) is 0. The molecule has 0 aliphatic heterocycles. The Hall–Kier alpha value is -2.80. The second kappa shape index (κ2) is 4.95. The van der Waals surface area contributed by atoms with Gasteiger partial charge in [-0.15, -0.1) is 0 Å². The van der Waals surface area contributed by atoms with Crippen LogP contribution in [0.15, 0.2) is 78.9 Å². The summed E-state index contributed by atoms with van der Waals surface area (Å²) in [5, 5.41) is 2.59. The van der Waals surface area contributed by atoms with E-state index in [1.54, 1.807) is 0 Å². The van der Waals surface area contributed by atoms with Gasteiger partial charge in [0.05, 0.1) is 11.0 Å². The van der Waals surface area contributed by atoms with Gasteiger partial charge in [0.1, 0.15) is 0 Å². The van der Waals surface area contributed by atoms with Crippen LogP contribution in [0.3, 0.4) is 0 Å². The zero-order valence-corrected chi connectivity index (χ0v) is 11.6. The quantitative estimate of drug-likeness (QED) is 0.457. The lowest BCUT2D eigenvalue weighted by atomic mass is 10.2. The highest BCUT2D eigenvalue weighted by Gasteiger charge is 2.06. The number of aromatic nitrogens is 1. The zero-order chi connectivity index (χ0) is 14.1. The Kier molecular flexibility index (Phi) is 2.82. The number of fused-ring (bicyclic) bond motifs is 3. The molecule has 0 aliphatic rings. The van der Waals surface area contributed by atoms with Crippen molar-refractivity contribution in [2.24, 2.45) is 0 Å². The molecule has 0 saturated carbocycles. The number of para-hydroxylation sites is 2. The molecule has 0 atom stereocenters. The molecule has 3 aromatic carbocycles. The van der Waals surface area contributed by atoms with Crippen molar-refractivity contribution < 1.29 is 0 Å². The first kappa shape index (κ1) is 12.0. The first-order valence-corrected chi connectivity index (χ1v) is 7.14. The number of benzene rings is 3. The van der Waals surface area contributed by atoms with E-state index in [1.807, 2.05) is 6.07 Å². The Morgan fingerprint density at radius 2 is 1.10 bits per heavy atom. The van der Waals surface area contributed by atoms with Gasteiger partial charge >= 0.3 is 0 Å². The molecule has 0 radical (unpaired) electrons. The van der Waals surface area contributed by atoms with E-state index < -0.39 is 0 Å². The van der Waals surface area contributed by atoms with Crippen LogP contribution in [-0.2, 0) is 0 Å². The van der Waals surface area contributed by atoms with Gasteiger partial charge in [0.25, 0.3) is 0 Å². The third-order valence-corrected chi connectivity index (χ3v) is 3.83. The maximum atomic E-state index is 2.26. The smallest absolute Gasteiger partial charge is 0.0534 e. The summed E-state index contributed by atoms with van der Waals surface area (Å²) in [5.74, 6) is 0. The highest BCUT2D eigenvalue weighted by molar-refractivity contribution is 6.09. The van der Waals surface area contributed by atoms with E-state index in [1.165, 1.54) is 27.4 Å². The van der Waals surface area contributed by atoms with Crippen LogP contribution in [0.1, 0.15) is 5.56 Å². The van der Waals surface area contributed by atoms with Crippen molar-refractivity contribution in [1.82, 2.24) is 4.57 Å². The second-order valence-electron chi connectivity index (χ2n) is 5.13. The van der Waals surface area contributed by atoms with Crippen molar-refractivity contribution in [3.05, 3.63) is 84.4 Å². The highest BCUT2D eigenvalue weighted by Crippen LogP contribution is 2.29. The van der Waals surface area contributed by atoms with Crippen molar-refractivity contribution in [2.45, 2.75) is 0 Å². The topological polar surface area (TPSA) is 4.93 Å². The second-order valence-corrected chi connectivity index (χ2v) is 5.13. The van der Waals surface area contributed by atoms with Crippen LogP contribution in [0.2, 0.25) is 0 Å². The fourth-order valence-corrected chi connectivity index (χ4v) is 2.84. The molecule has 1 heteroatoms. The fraction of sp³-hybridized carbons (Fsp3) is 0. The van der Waals surface area contributed by atoms with Crippen LogP contribution in [0.4, 0.5) is 0 Å². The molecule has 0 amide bonds. The van der Waals surface area contributed by atoms with Crippen LogP contribution in [-0.4, -0.2) is 4.57 Å². The summed E-state index contributed by atoms with van der Waals surface area (Å²) in [6.07, 6.45) is 4.30. The summed E-state index contributed by atoms with van der Waals surface area (Å²) in [6, 6.07) is 27.5. The molecule has 100 valence electrons. The molecule has 21 heavy (non-hydrogen) atoms. The van der Waals surface area contributed by atoms with Gasteiger partial charge in [-0.25, -0.2) is 0 Å². The molecule has 1 aromatic heterocycles. The lowest BCUT2D eigenvalue weighted by molar-refractivity contribution is 1.30. The molecule has 0 bridgehead atoms. The molecule has 1 nitrogen and oxygen atoms in total. The molecule has 0 aliphatic carbocycles. The zero-order valence-electron chi connectivity index (χ0n) is 11.6. The van der Waals surface area contributed by atoms with Crippen LogP contribution in [0.25, 0.3) is 34.1 Å². The molecule has 4 rings (SSSR count). The summed E-state index contributed by atoms with van der Waals surface area (Å²) < 4.78 is 2.26. The van der Waals surface area contributed by atoms with E-state index in [2.05, 4.69) is 89.6 Å². The van der Waals surface area contributed by atoms with Gasteiger partial charge in [0, 0.05) is 17.0 Å². The minimum absolute atomic E-state index is 1.21. The average molecular weight is 269 g/mol. The fourth-order valence-electron chi connectivity index (χ4n) is 2.84. The van der Waals surface area contributed by atoms with E-state index in [0.717, 1.165) is 0 Å². The van der Waals surface area contributed by atoms with E-state index in [0.29, 0.717) is 0 Å². The molecule has 0 fully saturated rings. The van der Waals surface area contributed by atoms with E-state index in [9.17, 15) is 0 Å². The summed E-state index contributed by atoms with van der Waals surface area (Å²) in [5.41, 5.74) is 3.69. The normalized spacial score (nSPS) is 11.6. The van der Waals surface area contributed by atoms with Crippen LogP contribution >= 0.6 is 0 Å². The van der Waals surface area contributed by atoms with Gasteiger partial charge in [-0.2, -0.15) is 0 Å². The number of rotatable bonds is 2.